The fourth-order valence-corrected chi connectivity index (χ4v) is 2.69. The molecular formula is C17H18N2. The second kappa shape index (κ2) is 4.54. The van der Waals surface area contributed by atoms with Crippen LogP contribution in [0.3, 0.4) is 0 Å². The van der Waals surface area contributed by atoms with E-state index < -0.39 is 0 Å². The fourth-order valence-electron chi connectivity index (χ4n) is 2.69. The Balaban J connectivity index is 2.08. The number of hydrogen-bond donors (Lipinski definition) is 0. The van der Waals surface area contributed by atoms with Crippen LogP contribution in [0.2, 0.25) is 0 Å². The summed E-state index contributed by atoms with van der Waals surface area (Å²) in [5, 5.41) is 6.76. The molecule has 19 heavy (non-hydrogen) atoms. The number of para-hydroxylation sites is 1. The molecule has 1 heterocycles. The molecule has 0 bridgehead atoms. The summed E-state index contributed by atoms with van der Waals surface area (Å²) in [7, 11) is 0. The van der Waals surface area contributed by atoms with Crippen molar-refractivity contribution >= 4 is 11.9 Å². The second-order valence-electron chi connectivity index (χ2n) is 5.21. The third kappa shape index (κ3) is 1.84. The first-order chi connectivity index (χ1) is 9.23. The molecule has 1 aliphatic rings. The van der Waals surface area contributed by atoms with Crippen LogP contribution in [0.4, 0.5) is 5.69 Å². The highest BCUT2D eigenvalue weighted by Gasteiger charge is 2.42. The minimum atomic E-state index is -0.122. The lowest BCUT2D eigenvalue weighted by atomic mass is 9.81. The monoisotopic (exact) mass is 250 g/mol. The second-order valence-corrected chi connectivity index (χ2v) is 5.21. The largest absolute Gasteiger partial charge is 0.255 e. The lowest BCUT2D eigenvalue weighted by molar-refractivity contribution is 0.403. The molecule has 96 valence electrons. The van der Waals surface area contributed by atoms with Crippen molar-refractivity contribution < 1.29 is 0 Å². The molecule has 2 unspecified atom stereocenters. The quantitative estimate of drug-likeness (QED) is 0.785. The van der Waals surface area contributed by atoms with Gasteiger partial charge in [0, 0.05) is 12.1 Å². The fraction of sp³-hybridized carbons (Fsp3) is 0.235. The Bertz CT molecular complexity index is 577. The van der Waals surface area contributed by atoms with Crippen molar-refractivity contribution in [2.24, 2.45) is 11.0 Å². The van der Waals surface area contributed by atoms with E-state index in [-0.39, 0.29) is 5.54 Å². The normalized spacial score (nSPS) is 25.8. The lowest BCUT2D eigenvalue weighted by Crippen LogP contribution is -2.41. The van der Waals surface area contributed by atoms with E-state index in [0.717, 1.165) is 5.69 Å². The number of hydrazone groups is 1. The van der Waals surface area contributed by atoms with Crippen molar-refractivity contribution in [2.45, 2.75) is 19.4 Å². The van der Waals surface area contributed by atoms with Crippen LogP contribution in [-0.4, -0.2) is 6.21 Å². The van der Waals surface area contributed by atoms with Crippen LogP contribution in [-0.2, 0) is 5.54 Å². The molecule has 3 rings (SSSR count). The summed E-state index contributed by atoms with van der Waals surface area (Å²) in [6.07, 6.45) is 2.04. The number of benzene rings is 2. The van der Waals surface area contributed by atoms with Crippen LogP contribution in [0, 0.1) is 5.92 Å². The summed E-state index contributed by atoms with van der Waals surface area (Å²) in [6.45, 7) is 4.48. The molecule has 0 radical (unpaired) electrons. The first-order valence-corrected chi connectivity index (χ1v) is 6.68. The van der Waals surface area contributed by atoms with E-state index in [2.05, 4.69) is 78.6 Å². The van der Waals surface area contributed by atoms with E-state index in [1.165, 1.54) is 5.56 Å². The molecule has 0 aromatic heterocycles. The number of anilines is 1. The SMILES string of the molecule is CC1C=NN(c2ccccc2)C1(C)c1ccccc1. The van der Waals surface area contributed by atoms with E-state index >= 15 is 0 Å². The van der Waals surface area contributed by atoms with E-state index in [1.54, 1.807) is 0 Å². The molecule has 0 spiro atoms. The van der Waals surface area contributed by atoms with Gasteiger partial charge in [0.2, 0.25) is 0 Å². The summed E-state index contributed by atoms with van der Waals surface area (Å²) in [5.74, 6) is 0.370. The summed E-state index contributed by atoms with van der Waals surface area (Å²) in [5.41, 5.74) is 2.31. The smallest absolute Gasteiger partial charge is 0.0929 e. The molecule has 0 N–H and O–H groups in total. The highest BCUT2D eigenvalue weighted by molar-refractivity contribution is 5.72. The summed E-state index contributed by atoms with van der Waals surface area (Å²) in [6, 6.07) is 21.0. The van der Waals surface area contributed by atoms with E-state index in [0.29, 0.717) is 5.92 Å². The Labute approximate surface area is 114 Å². The average Bonchev–Trinajstić information content (AvgIpc) is 2.78. The Morgan fingerprint density at radius 2 is 1.53 bits per heavy atom. The van der Waals surface area contributed by atoms with Crippen LogP contribution >= 0.6 is 0 Å². The van der Waals surface area contributed by atoms with Gasteiger partial charge in [0.15, 0.2) is 0 Å². The minimum Gasteiger partial charge on any atom is -0.255 e. The van der Waals surface area contributed by atoms with Crippen molar-refractivity contribution in [3.8, 4) is 0 Å². The maximum Gasteiger partial charge on any atom is 0.0929 e. The molecule has 2 aromatic rings. The number of rotatable bonds is 2. The summed E-state index contributed by atoms with van der Waals surface area (Å²) < 4.78 is 0. The van der Waals surface area contributed by atoms with E-state index in [1.807, 2.05) is 12.3 Å². The molecule has 0 saturated carbocycles. The van der Waals surface area contributed by atoms with Gasteiger partial charge in [0.05, 0.1) is 11.2 Å². The Hall–Kier alpha value is -2.09. The molecule has 2 atom stereocenters. The molecule has 0 fully saturated rings. The van der Waals surface area contributed by atoms with Crippen molar-refractivity contribution in [1.29, 1.82) is 0 Å². The third-order valence-corrected chi connectivity index (χ3v) is 4.09. The predicted molar refractivity (Wildman–Crippen MR) is 80.4 cm³/mol. The maximum atomic E-state index is 4.62. The van der Waals surface area contributed by atoms with Crippen molar-refractivity contribution in [3.05, 3.63) is 66.2 Å². The standard InChI is InChI=1S/C17H18N2/c1-14-13-18-19(16-11-7-4-8-12-16)17(14,2)15-9-5-3-6-10-15/h3-14H,1-2H3. The van der Waals surface area contributed by atoms with Gasteiger partial charge in [-0.15, -0.1) is 0 Å². The van der Waals surface area contributed by atoms with E-state index in [9.17, 15) is 0 Å². The van der Waals surface area contributed by atoms with Gasteiger partial charge in [0.1, 0.15) is 0 Å². The first kappa shape index (κ1) is 12.0. The molecule has 0 amide bonds. The molecular weight excluding hydrogens is 232 g/mol. The lowest BCUT2D eigenvalue weighted by Gasteiger charge is -2.38. The zero-order valence-electron chi connectivity index (χ0n) is 11.3. The molecule has 0 saturated heterocycles. The third-order valence-electron chi connectivity index (χ3n) is 4.09. The van der Waals surface area contributed by atoms with Crippen LogP contribution in [0.25, 0.3) is 0 Å². The molecule has 2 nitrogen and oxygen atoms in total. The molecule has 2 aromatic carbocycles. The van der Waals surface area contributed by atoms with Gasteiger partial charge in [-0.3, -0.25) is 5.01 Å². The van der Waals surface area contributed by atoms with Gasteiger partial charge in [-0.25, -0.2) is 0 Å². The van der Waals surface area contributed by atoms with Crippen LogP contribution in [0.1, 0.15) is 19.4 Å². The van der Waals surface area contributed by atoms with Crippen molar-refractivity contribution in [1.82, 2.24) is 0 Å². The molecule has 1 aliphatic heterocycles. The molecule has 2 heteroatoms. The Kier molecular flexibility index (Phi) is 2.86. The molecule has 0 aliphatic carbocycles. The highest BCUT2D eigenvalue weighted by atomic mass is 15.5. The Morgan fingerprint density at radius 1 is 0.947 bits per heavy atom. The summed E-state index contributed by atoms with van der Waals surface area (Å²) >= 11 is 0. The van der Waals surface area contributed by atoms with Crippen LogP contribution in [0.15, 0.2) is 65.8 Å². The number of hydrogen-bond acceptors (Lipinski definition) is 2. The van der Waals surface area contributed by atoms with Crippen LogP contribution < -0.4 is 5.01 Å². The van der Waals surface area contributed by atoms with Gasteiger partial charge in [-0.2, -0.15) is 5.10 Å². The van der Waals surface area contributed by atoms with Gasteiger partial charge >= 0.3 is 0 Å². The van der Waals surface area contributed by atoms with Gasteiger partial charge in [-0.05, 0) is 24.6 Å². The summed E-state index contributed by atoms with van der Waals surface area (Å²) in [4.78, 5) is 0. The van der Waals surface area contributed by atoms with Gasteiger partial charge < -0.3 is 0 Å². The zero-order chi connectivity index (χ0) is 13.3. The number of nitrogens with zero attached hydrogens (tertiary/aromatic N) is 2. The Morgan fingerprint density at radius 3 is 2.16 bits per heavy atom. The zero-order valence-corrected chi connectivity index (χ0v) is 11.3. The average molecular weight is 250 g/mol. The van der Waals surface area contributed by atoms with Gasteiger partial charge in [0.25, 0.3) is 0 Å². The van der Waals surface area contributed by atoms with Gasteiger partial charge in [-0.1, -0.05) is 55.5 Å². The van der Waals surface area contributed by atoms with E-state index in [4.69, 9.17) is 0 Å². The first-order valence-electron chi connectivity index (χ1n) is 6.68. The topological polar surface area (TPSA) is 15.6 Å². The van der Waals surface area contributed by atoms with Crippen molar-refractivity contribution in [2.75, 3.05) is 5.01 Å². The maximum absolute atomic E-state index is 4.62. The highest BCUT2D eigenvalue weighted by Crippen LogP contribution is 2.41. The van der Waals surface area contributed by atoms with Crippen LogP contribution in [0.5, 0.6) is 0 Å². The van der Waals surface area contributed by atoms with Crippen molar-refractivity contribution in [3.63, 3.8) is 0 Å². The minimum absolute atomic E-state index is 0.122. The predicted octanol–water partition coefficient (Wildman–Crippen LogP) is 4.04.